The van der Waals surface area contributed by atoms with Crippen molar-refractivity contribution in [3.05, 3.63) is 206 Å². The number of nitrogens with zero attached hydrogens (tertiary/aromatic N) is 2. The summed E-state index contributed by atoms with van der Waals surface area (Å²) in [6.45, 7) is 0. The second-order valence-corrected chi connectivity index (χ2v) is 14.9. The zero-order valence-corrected chi connectivity index (χ0v) is 30.5. The molecule has 0 spiro atoms. The molecule has 0 saturated carbocycles. The van der Waals surface area contributed by atoms with E-state index in [0.29, 0.717) is 0 Å². The van der Waals surface area contributed by atoms with Crippen LogP contribution < -0.4 is 0 Å². The van der Waals surface area contributed by atoms with Gasteiger partial charge in [-0.2, -0.15) is 0 Å². The summed E-state index contributed by atoms with van der Waals surface area (Å²) in [5.74, 6) is 0. The Kier molecular flexibility index (Phi) is 6.66. The Morgan fingerprint density at radius 2 is 0.661 bits per heavy atom. The van der Waals surface area contributed by atoms with Crippen molar-refractivity contribution >= 4 is 75.9 Å². The van der Waals surface area contributed by atoms with E-state index in [4.69, 9.17) is 0 Å². The van der Waals surface area contributed by atoms with Gasteiger partial charge in [-0.3, -0.25) is 0 Å². The van der Waals surface area contributed by atoms with Gasteiger partial charge in [0.15, 0.2) is 0 Å². The van der Waals surface area contributed by atoms with E-state index >= 15 is 0 Å². The molecule has 56 heavy (non-hydrogen) atoms. The SMILES string of the molecule is c1ccc2cc(-n3c4ccccc4c4cc(-c5cccc6cccc(-c7ccc8c(c7)c7ccccc7n8-c7ccc8ccccc8c7)c56)ccc43)ccc2c1. The number of hydrogen-bond acceptors (Lipinski definition) is 0. The first kappa shape index (κ1) is 31.0. The molecule has 2 heterocycles. The van der Waals surface area contributed by atoms with Crippen LogP contribution in [-0.4, -0.2) is 9.13 Å². The van der Waals surface area contributed by atoms with Gasteiger partial charge in [0.25, 0.3) is 0 Å². The third-order valence-electron chi connectivity index (χ3n) is 11.9. The zero-order valence-electron chi connectivity index (χ0n) is 30.5. The molecule has 0 saturated heterocycles. The van der Waals surface area contributed by atoms with Crippen LogP contribution >= 0.6 is 0 Å². The average Bonchev–Trinajstić information content (AvgIpc) is 3.78. The predicted octanol–water partition coefficient (Wildman–Crippen LogP) is 14.7. The Bertz CT molecular complexity index is 3310. The third-order valence-corrected chi connectivity index (χ3v) is 11.9. The maximum Gasteiger partial charge on any atom is 0.0541 e. The van der Waals surface area contributed by atoms with Gasteiger partial charge in [-0.1, -0.05) is 146 Å². The van der Waals surface area contributed by atoms with Crippen LogP contribution in [0.5, 0.6) is 0 Å². The van der Waals surface area contributed by atoms with E-state index in [1.165, 1.54) is 110 Å². The lowest BCUT2D eigenvalue weighted by atomic mass is 9.90. The highest BCUT2D eigenvalue weighted by atomic mass is 15.0. The summed E-state index contributed by atoms with van der Waals surface area (Å²) in [6, 6.07) is 75.9. The molecule has 0 radical (unpaired) electrons. The molecule has 12 aromatic rings. The van der Waals surface area contributed by atoms with Crippen LogP contribution in [0.1, 0.15) is 0 Å². The molecule has 2 aromatic heterocycles. The first-order valence-electron chi connectivity index (χ1n) is 19.3. The maximum atomic E-state index is 2.42. The molecule has 2 heteroatoms. The van der Waals surface area contributed by atoms with Gasteiger partial charge in [0.05, 0.1) is 22.1 Å². The zero-order chi connectivity index (χ0) is 36.7. The lowest BCUT2D eigenvalue weighted by Gasteiger charge is -2.14. The molecule has 12 rings (SSSR count). The summed E-state index contributed by atoms with van der Waals surface area (Å²) in [7, 11) is 0. The Morgan fingerprint density at radius 3 is 1.16 bits per heavy atom. The van der Waals surface area contributed by atoms with Crippen LogP contribution in [0.2, 0.25) is 0 Å². The van der Waals surface area contributed by atoms with Crippen molar-refractivity contribution in [3.8, 4) is 33.6 Å². The van der Waals surface area contributed by atoms with Gasteiger partial charge in [0.2, 0.25) is 0 Å². The Hall–Kier alpha value is -7.42. The van der Waals surface area contributed by atoms with Crippen molar-refractivity contribution in [3.63, 3.8) is 0 Å². The van der Waals surface area contributed by atoms with E-state index in [9.17, 15) is 0 Å². The quantitative estimate of drug-likeness (QED) is 0.172. The fourth-order valence-corrected chi connectivity index (χ4v) is 9.29. The summed E-state index contributed by atoms with van der Waals surface area (Å²) in [4.78, 5) is 0. The third kappa shape index (κ3) is 4.63. The van der Waals surface area contributed by atoms with Gasteiger partial charge < -0.3 is 9.13 Å². The molecule has 2 nitrogen and oxygen atoms in total. The summed E-state index contributed by atoms with van der Waals surface area (Å²) in [5.41, 5.74) is 12.1. The topological polar surface area (TPSA) is 9.86 Å². The highest BCUT2D eigenvalue weighted by Gasteiger charge is 2.18. The minimum Gasteiger partial charge on any atom is -0.309 e. The van der Waals surface area contributed by atoms with E-state index in [0.717, 1.165) is 0 Å². The lowest BCUT2D eigenvalue weighted by Crippen LogP contribution is -1.94. The molecule has 0 aliphatic heterocycles. The molecular formula is C54H34N2. The number of para-hydroxylation sites is 2. The van der Waals surface area contributed by atoms with E-state index in [1.54, 1.807) is 0 Å². The van der Waals surface area contributed by atoms with Crippen LogP contribution in [0.25, 0.3) is 110 Å². The number of fused-ring (bicyclic) bond motifs is 9. The summed E-state index contributed by atoms with van der Waals surface area (Å²) in [6.07, 6.45) is 0. The van der Waals surface area contributed by atoms with Crippen molar-refractivity contribution in [1.82, 2.24) is 9.13 Å². The number of hydrogen-bond donors (Lipinski definition) is 0. The van der Waals surface area contributed by atoms with Crippen molar-refractivity contribution in [2.24, 2.45) is 0 Å². The monoisotopic (exact) mass is 710 g/mol. The smallest absolute Gasteiger partial charge is 0.0541 e. The number of aromatic nitrogens is 2. The molecular weight excluding hydrogens is 677 g/mol. The molecule has 0 bridgehead atoms. The minimum atomic E-state index is 1.17. The van der Waals surface area contributed by atoms with Crippen LogP contribution in [0.4, 0.5) is 0 Å². The Balaban J connectivity index is 1.05. The van der Waals surface area contributed by atoms with E-state index in [-0.39, 0.29) is 0 Å². The highest BCUT2D eigenvalue weighted by molar-refractivity contribution is 6.15. The fraction of sp³-hybridized carbons (Fsp3) is 0. The van der Waals surface area contributed by atoms with Gasteiger partial charge >= 0.3 is 0 Å². The van der Waals surface area contributed by atoms with Crippen LogP contribution in [-0.2, 0) is 0 Å². The second kappa shape index (κ2) is 12.0. The van der Waals surface area contributed by atoms with Gasteiger partial charge in [-0.25, -0.2) is 0 Å². The summed E-state index contributed by atoms with van der Waals surface area (Å²) >= 11 is 0. The molecule has 0 N–H and O–H groups in total. The van der Waals surface area contributed by atoms with Crippen molar-refractivity contribution in [2.75, 3.05) is 0 Å². The first-order valence-corrected chi connectivity index (χ1v) is 19.3. The molecule has 10 aromatic carbocycles. The summed E-state index contributed by atoms with van der Waals surface area (Å²) in [5, 5.41) is 12.5. The van der Waals surface area contributed by atoms with Crippen LogP contribution in [0.15, 0.2) is 206 Å². The molecule has 0 amide bonds. The first-order chi connectivity index (χ1) is 27.8. The number of rotatable bonds is 4. The standard InChI is InChI=1S/C54H34N2/c1-3-13-38-31-42(27-23-35(38)11-1)55-50-21-7-5-17-46(50)48-33-40(25-29-52(48)55)44-19-9-15-37-16-10-20-45(54(37)44)41-26-30-53-49(34-41)47-18-6-8-22-51(47)56(53)43-28-24-36-12-2-4-14-39(36)32-43/h1-34H. The number of benzene rings is 10. The Labute approximate surface area is 323 Å². The average molecular weight is 711 g/mol. The minimum absolute atomic E-state index is 1.17. The second-order valence-electron chi connectivity index (χ2n) is 14.9. The van der Waals surface area contributed by atoms with Gasteiger partial charge in [-0.05, 0) is 115 Å². The van der Waals surface area contributed by atoms with E-state index in [2.05, 4.69) is 215 Å². The highest BCUT2D eigenvalue weighted by Crippen LogP contribution is 2.42. The summed E-state index contributed by atoms with van der Waals surface area (Å²) < 4.78 is 4.83. The van der Waals surface area contributed by atoms with Gasteiger partial charge in [-0.15, -0.1) is 0 Å². The molecule has 260 valence electrons. The largest absolute Gasteiger partial charge is 0.309 e. The van der Waals surface area contributed by atoms with E-state index in [1.807, 2.05) is 0 Å². The molecule has 0 aliphatic rings. The lowest BCUT2D eigenvalue weighted by molar-refractivity contribution is 1.19. The van der Waals surface area contributed by atoms with E-state index < -0.39 is 0 Å². The molecule has 0 unspecified atom stereocenters. The van der Waals surface area contributed by atoms with Crippen LogP contribution in [0, 0.1) is 0 Å². The van der Waals surface area contributed by atoms with Gasteiger partial charge in [0.1, 0.15) is 0 Å². The van der Waals surface area contributed by atoms with Crippen molar-refractivity contribution < 1.29 is 0 Å². The maximum absolute atomic E-state index is 2.42. The Morgan fingerprint density at radius 1 is 0.250 bits per heavy atom. The van der Waals surface area contributed by atoms with Gasteiger partial charge in [0, 0.05) is 32.9 Å². The molecule has 0 atom stereocenters. The molecule has 0 aliphatic carbocycles. The molecule has 0 fully saturated rings. The van der Waals surface area contributed by atoms with Crippen molar-refractivity contribution in [2.45, 2.75) is 0 Å². The van der Waals surface area contributed by atoms with Crippen molar-refractivity contribution in [1.29, 1.82) is 0 Å². The van der Waals surface area contributed by atoms with Crippen LogP contribution in [0.3, 0.4) is 0 Å². The predicted molar refractivity (Wildman–Crippen MR) is 239 cm³/mol. The normalized spacial score (nSPS) is 11.9. The fourth-order valence-electron chi connectivity index (χ4n) is 9.29.